The Morgan fingerprint density at radius 2 is 1.67 bits per heavy atom. The summed E-state index contributed by atoms with van der Waals surface area (Å²) in [6.45, 7) is 1.92. The Morgan fingerprint density at radius 1 is 0.867 bits per heavy atom. The van der Waals surface area contributed by atoms with E-state index in [0.717, 1.165) is 22.2 Å². The molecule has 2 aromatic heterocycles. The molecule has 4 rings (SSSR count). The van der Waals surface area contributed by atoms with Crippen LogP contribution in [-0.2, 0) is 0 Å². The van der Waals surface area contributed by atoms with Crippen LogP contribution >= 0.6 is 0 Å². The molecule has 0 radical (unpaired) electrons. The number of rotatable bonds is 5. The van der Waals surface area contributed by atoms with E-state index in [1.54, 1.807) is 38.6 Å². The lowest BCUT2D eigenvalue weighted by Crippen LogP contribution is -1.96. The summed E-state index contributed by atoms with van der Waals surface area (Å²) >= 11 is 0. The number of nitrogens with zero attached hydrogens (tertiary/aromatic N) is 3. The number of methoxy groups -OCH3 is 2. The first-order chi connectivity index (χ1) is 14.6. The average molecular weight is 397 g/mol. The molecule has 4 aromatic rings. The third-order valence-electron chi connectivity index (χ3n) is 4.69. The van der Waals surface area contributed by atoms with Gasteiger partial charge in [-0.05, 0) is 43.3 Å². The Hall–Kier alpha value is -4.11. The number of ether oxygens (including phenoxy) is 3. The molecule has 0 bridgehead atoms. The highest BCUT2D eigenvalue weighted by atomic mass is 16.5. The zero-order chi connectivity index (χ0) is 21.1. The van der Waals surface area contributed by atoms with Crippen LogP contribution in [0.2, 0.25) is 0 Å². The van der Waals surface area contributed by atoms with Gasteiger partial charge in [-0.1, -0.05) is 12.1 Å². The van der Waals surface area contributed by atoms with E-state index in [0.29, 0.717) is 34.3 Å². The van der Waals surface area contributed by atoms with Crippen molar-refractivity contribution in [3.8, 4) is 40.3 Å². The smallest absolute Gasteiger partial charge is 0.162 e. The van der Waals surface area contributed by atoms with Crippen LogP contribution in [0.3, 0.4) is 0 Å². The lowest BCUT2D eigenvalue weighted by atomic mass is 10.1. The van der Waals surface area contributed by atoms with Gasteiger partial charge in [0.25, 0.3) is 0 Å². The summed E-state index contributed by atoms with van der Waals surface area (Å²) < 4.78 is 17.1. The maximum absolute atomic E-state index is 9.25. The Bertz CT molecular complexity index is 1280. The van der Waals surface area contributed by atoms with Crippen LogP contribution in [-0.4, -0.2) is 24.2 Å². The molecule has 0 saturated carbocycles. The fourth-order valence-electron chi connectivity index (χ4n) is 3.22. The average Bonchev–Trinajstić information content (AvgIpc) is 2.79. The van der Waals surface area contributed by atoms with Crippen molar-refractivity contribution in [2.75, 3.05) is 14.2 Å². The van der Waals surface area contributed by atoms with Crippen LogP contribution < -0.4 is 14.2 Å². The molecule has 30 heavy (non-hydrogen) atoms. The summed E-state index contributed by atoms with van der Waals surface area (Å²) in [5.41, 5.74) is 3.61. The molecule has 0 N–H and O–H groups in total. The summed E-state index contributed by atoms with van der Waals surface area (Å²) in [4.78, 5) is 9.08. The second kappa shape index (κ2) is 8.10. The van der Waals surface area contributed by atoms with Crippen LogP contribution in [0.25, 0.3) is 22.2 Å². The van der Waals surface area contributed by atoms with Gasteiger partial charge in [-0.25, -0.2) is 4.98 Å². The maximum atomic E-state index is 9.25. The van der Waals surface area contributed by atoms with Gasteiger partial charge in [0.05, 0.1) is 31.4 Å². The highest BCUT2D eigenvalue weighted by Gasteiger charge is 2.15. The Balaban J connectivity index is 1.84. The van der Waals surface area contributed by atoms with Crippen LogP contribution in [0.4, 0.5) is 0 Å². The minimum Gasteiger partial charge on any atom is -0.493 e. The normalized spacial score (nSPS) is 10.5. The molecule has 0 atom stereocenters. The molecule has 0 saturated heterocycles. The number of pyridine rings is 2. The highest BCUT2D eigenvalue weighted by molar-refractivity contribution is 5.88. The van der Waals surface area contributed by atoms with Crippen LogP contribution in [0.5, 0.6) is 23.0 Å². The number of fused-ring (bicyclic) bond motifs is 1. The molecule has 6 nitrogen and oxygen atoms in total. The van der Waals surface area contributed by atoms with E-state index in [1.165, 1.54) is 0 Å². The number of aromatic nitrogens is 2. The largest absolute Gasteiger partial charge is 0.493 e. The number of nitriles is 1. The lowest BCUT2D eigenvalue weighted by Gasteiger charge is -2.14. The number of aryl methyl sites for hydroxylation is 1. The minimum absolute atomic E-state index is 0.563. The summed E-state index contributed by atoms with van der Waals surface area (Å²) in [7, 11) is 3.18. The van der Waals surface area contributed by atoms with Crippen LogP contribution in [0.15, 0.2) is 60.8 Å². The summed E-state index contributed by atoms with van der Waals surface area (Å²) in [6.07, 6.45) is 1.68. The first-order valence-electron chi connectivity index (χ1n) is 9.29. The molecule has 6 heteroatoms. The van der Waals surface area contributed by atoms with Gasteiger partial charge in [0.15, 0.2) is 17.2 Å². The van der Waals surface area contributed by atoms with E-state index < -0.39 is 0 Å². The van der Waals surface area contributed by atoms with Crippen LogP contribution in [0, 0.1) is 18.3 Å². The van der Waals surface area contributed by atoms with Gasteiger partial charge in [0.2, 0.25) is 0 Å². The fourth-order valence-corrected chi connectivity index (χ4v) is 3.22. The number of hydrogen-bond donors (Lipinski definition) is 0. The van der Waals surface area contributed by atoms with Crippen molar-refractivity contribution in [1.29, 1.82) is 5.26 Å². The molecule has 2 aromatic carbocycles. The highest BCUT2D eigenvalue weighted by Crippen LogP contribution is 2.39. The van der Waals surface area contributed by atoms with Crippen molar-refractivity contribution in [2.24, 2.45) is 0 Å². The lowest BCUT2D eigenvalue weighted by molar-refractivity contribution is 0.355. The summed E-state index contributed by atoms with van der Waals surface area (Å²) in [6, 6.07) is 18.7. The van der Waals surface area contributed by atoms with Crippen molar-refractivity contribution in [3.05, 3.63) is 72.1 Å². The van der Waals surface area contributed by atoms with Crippen molar-refractivity contribution in [1.82, 2.24) is 9.97 Å². The molecular formula is C24H19N3O3. The van der Waals surface area contributed by atoms with Crippen molar-refractivity contribution >= 4 is 10.9 Å². The van der Waals surface area contributed by atoms with E-state index in [1.807, 2.05) is 43.3 Å². The summed E-state index contributed by atoms with van der Waals surface area (Å²) in [5, 5.41) is 10.0. The Kier molecular flexibility index (Phi) is 5.19. The molecule has 0 spiro atoms. The van der Waals surface area contributed by atoms with Gasteiger partial charge in [0.1, 0.15) is 11.4 Å². The molecule has 0 fully saturated rings. The van der Waals surface area contributed by atoms with Gasteiger partial charge in [-0.2, -0.15) is 5.26 Å². The summed E-state index contributed by atoms with van der Waals surface area (Å²) in [5.74, 6) is 2.38. The van der Waals surface area contributed by atoms with Crippen molar-refractivity contribution < 1.29 is 14.2 Å². The minimum atomic E-state index is 0.563. The molecule has 2 heterocycles. The monoisotopic (exact) mass is 397 g/mol. The van der Waals surface area contributed by atoms with Crippen molar-refractivity contribution in [2.45, 2.75) is 6.92 Å². The van der Waals surface area contributed by atoms with Gasteiger partial charge in [-0.15, -0.1) is 0 Å². The Labute approximate surface area is 174 Å². The number of benzene rings is 2. The van der Waals surface area contributed by atoms with E-state index in [9.17, 15) is 5.26 Å². The molecule has 0 amide bonds. The predicted octanol–water partition coefficient (Wildman–Crippen LogP) is 5.29. The van der Waals surface area contributed by atoms with E-state index in [4.69, 9.17) is 14.2 Å². The number of hydrogen-bond acceptors (Lipinski definition) is 6. The van der Waals surface area contributed by atoms with Gasteiger partial charge in [-0.3, -0.25) is 4.98 Å². The van der Waals surface area contributed by atoms with E-state index >= 15 is 0 Å². The third-order valence-corrected chi connectivity index (χ3v) is 4.69. The zero-order valence-corrected chi connectivity index (χ0v) is 16.8. The first-order valence-corrected chi connectivity index (χ1v) is 9.29. The van der Waals surface area contributed by atoms with E-state index in [2.05, 4.69) is 16.0 Å². The van der Waals surface area contributed by atoms with E-state index in [-0.39, 0.29) is 0 Å². The van der Waals surface area contributed by atoms with Gasteiger partial charge in [0, 0.05) is 28.9 Å². The standard InChI is InChI=1S/C24H19N3O3/c1-15-7-8-21(24(27-15)17-6-4-5-16(11-17)14-25)30-20-9-10-26-19-13-23(29-3)22(28-2)12-18(19)20/h4-13H,1-3H3. The second-order valence-corrected chi connectivity index (χ2v) is 6.63. The second-order valence-electron chi connectivity index (χ2n) is 6.63. The Morgan fingerprint density at radius 3 is 2.43 bits per heavy atom. The van der Waals surface area contributed by atoms with Gasteiger partial charge < -0.3 is 14.2 Å². The quantitative estimate of drug-likeness (QED) is 0.456. The molecular weight excluding hydrogens is 378 g/mol. The topological polar surface area (TPSA) is 77.3 Å². The third kappa shape index (κ3) is 3.61. The zero-order valence-electron chi connectivity index (χ0n) is 16.8. The molecule has 0 aliphatic rings. The molecule has 0 unspecified atom stereocenters. The molecule has 148 valence electrons. The first kappa shape index (κ1) is 19.2. The van der Waals surface area contributed by atoms with Crippen molar-refractivity contribution in [3.63, 3.8) is 0 Å². The molecule has 0 aliphatic heterocycles. The van der Waals surface area contributed by atoms with Gasteiger partial charge >= 0.3 is 0 Å². The SMILES string of the molecule is COc1cc2nccc(Oc3ccc(C)nc3-c3cccc(C#N)c3)c2cc1OC. The fraction of sp³-hybridized carbons (Fsp3) is 0.125. The predicted molar refractivity (Wildman–Crippen MR) is 114 cm³/mol. The maximum Gasteiger partial charge on any atom is 0.162 e. The van der Waals surface area contributed by atoms with Crippen LogP contribution in [0.1, 0.15) is 11.3 Å². The molecule has 0 aliphatic carbocycles.